The molecular formula is C12H17N5O4. The number of aromatic nitrogens is 4. The lowest BCUT2D eigenvalue weighted by Gasteiger charge is -2.17. The molecular weight excluding hydrogens is 278 g/mol. The fourth-order valence-corrected chi connectivity index (χ4v) is 2.60. The zero-order chi connectivity index (χ0) is 15.1. The molecule has 3 heterocycles. The van der Waals surface area contributed by atoms with Crippen LogP contribution < -0.4 is 10.5 Å². The van der Waals surface area contributed by atoms with E-state index in [-0.39, 0.29) is 24.4 Å². The average Bonchev–Trinajstić information content (AvgIpc) is 3.01. The Morgan fingerprint density at radius 2 is 2.24 bits per heavy atom. The molecule has 114 valence electrons. The first kappa shape index (κ1) is 14.0. The molecule has 0 radical (unpaired) electrons. The number of methoxy groups -OCH3 is 1. The number of aliphatic hydroxyl groups excluding tert-OH is 2. The standard InChI is InChI=1S/C12H17N5O4/c1-5-8(19)6(3-18)21-11(5)17-4-14-7-9(17)15-12(13)16-10(7)20-2/h4-6,8,11,18-19H,3H2,1-2H3,(H2,13,15,16)/t5?,6-,8+,11-/m1/s1. The zero-order valence-corrected chi connectivity index (χ0v) is 11.7. The van der Waals surface area contributed by atoms with Crippen LogP contribution in [0.1, 0.15) is 13.2 Å². The molecule has 2 aromatic rings. The van der Waals surface area contributed by atoms with Crippen LogP contribution in [0.3, 0.4) is 0 Å². The van der Waals surface area contributed by atoms with E-state index in [4.69, 9.17) is 15.2 Å². The van der Waals surface area contributed by atoms with Gasteiger partial charge in [0.15, 0.2) is 11.2 Å². The number of nitrogens with zero attached hydrogens (tertiary/aromatic N) is 4. The number of nitrogens with two attached hydrogens (primary N) is 1. The van der Waals surface area contributed by atoms with E-state index < -0.39 is 18.4 Å². The summed E-state index contributed by atoms with van der Waals surface area (Å²) in [6.07, 6.45) is -0.363. The molecule has 0 spiro atoms. The molecule has 1 saturated heterocycles. The molecule has 0 amide bonds. The highest BCUT2D eigenvalue weighted by Crippen LogP contribution is 2.36. The predicted molar refractivity (Wildman–Crippen MR) is 72.5 cm³/mol. The predicted octanol–water partition coefficient (Wildman–Crippen LogP) is -0.696. The maximum absolute atomic E-state index is 10.1. The van der Waals surface area contributed by atoms with Crippen molar-refractivity contribution >= 4 is 17.1 Å². The van der Waals surface area contributed by atoms with E-state index in [0.29, 0.717) is 11.2 Å². The molecule has 1 aliphatic rings. The van der Waals surface area contributed by atoms with Crippen molar-refractivity contribution in [2.75, 3.05) is 19.5 Å². The molecule has 9 nitrogen and oxygen atoms in total. The Bertz CT molecular complexity index is 660. The number of imidazole rings is 1. The van der Waals surface area contributed by atoms with Crippen LogP contribution in [0.5, 0.6) is 5.88 Å². The van der Waals surface area contributed by atoms with Crippen molar-refractivity contribution in [1.82, 2.24) is 19.5 Å². The number of nitrogen functional groups attached to an aromatic ring is 1. The Labute approximate surface area is 120 Å². The van der Waals surface area contributed by atoms with Crippen molar-refractivity contribution in [1.29, 1.82) is 0 Å². The van der Waals surface area contributed by atoms with Crippen LogP contribution in [-0.4, -0.2) is 55.7 Å². The number of ether oxygens (including phenoxy) is 2. The van der Waals surface area contributed by atoms with Gasteiger partial charge in [0.05, 0.1) is 26.1 Å². The van der Waals surface area contributed by atoms with Crippen LogP contribution in [0.15, 0.2) is 6.33 Å². The number of rotatable bonds is 3. The molecule has 21 heavy (non-hydrogen) atoms. The quantitative estimate of drug-likeness (QED) is 0.678. The van der Waals surface area contributed by atoms with Crippen LogP contribution >= 0.6 is 0 Å². The van der Waals surface area contributed by atoms with Crippen molar-refractivity contribution in [2.24, 2.45) is 5.92 Å². The summed E-state index contributed by atoms with van der Waals surface area (Å²) in [6.45, 7) is 1.58. The highest BCUT2D eigenvalue weighted by atomic mass is 16.5. The third kappa shape index (κ3) is 2.09. The van der Waals surface area contributed by atoms with Crippen LogP contribution in [0.25, 0.3) is 11.2 Å². The second-order valence-electron chi connectivity index (χ2n) is 5.01. The highest BCUT2D eigenvalue weighted by molar-refractivity contribution is 5.77. The molecule has 4 atom stereocenters. The summed E-state index contributed by atoms with van der Waals surface area (Å²) in [5.41, 5.74) is 6.59. The fourth-order valence-electron chi connectivity index (χ4n) is 2.60. The van der Waals surface area contributed by atoms with Gasteiger partial charge >= 0.3 is 0 Å². The summed E-state index contributed by atoms with van der Waals surface area (Å²) < 4.78 is 12.5. The molecule has 0 bridgehead atoms. The lowest BCUT2D eigenvalue weighted by molar-refractivity contribution is -0.0447. The minimum Gasteiger partial charge on any atom is -0.479 e. The second-order valence-corrected chi connectivity index (χ2v) is 5.01. The minimum absolute atomic E-state index is 0.0611. The molecule has 1 aliphatic heterocycles. The largest absolute Gasteiger partial charge is 0.479 e. The normalized spacial score (nSPS) is 29.1. The monoisotopic (exact) mass is 295 g/mol. The van der Waals surface area contributed by atoms with Gasteiger partial charge in [-0.25, -0.2) is 4.98 Å². The zero-order valence-electron chi connectivity index (χ0n) is 11.7. The first-order valence-corrected chi connectivity index (χ1v) is 6.55. The van der Waals surface area contributed by atoms with Gasteiger partial charge in [0.1, 0.15) is 12.3 Å². The van der Waals surface area contributed by atoms with E-state index >= 15 is 0 Å². The lowest BCUT2D eigenvalue weighted by atomic mass is 10.0. The first-order chi connectivity index (χ1) is 10.1. The van der Waals surface area contributed by atoms with Gasteiger partial charge in [-0.05, 0) is 0 Å². The number of aliphatic hydroxyl groups is 2. The van der Waals surface area contributed by atoms with Crippen LogP contribution in [0, 0.1) is 5.92 Å². The van der Waals surface area contributed by atoms with Crippen LogP contribution in [-0.2, 0) is 4.74 Å². The third-order valence-electron chi connectivity index (χ3n) is 3.74. The number of hydrogen-bond acceptors (Lipinski definition) is 8. The van der Waals surface area contributed by atoms with Crippen molar-refractivity contribution in [3.8, 4) is 5.88 Å². The van der Waals surface area contributed by atoms with E-state index in [9.17, 15) is 10.2 Å². The minimum atomic E-state index is -0.765. The molecule has 0 aliphatic carbocycles. The van der Waals surface area contributed by atoms with Gasteiger partial charge in [-0.1, -0.05) is 6.92 Å². The Hall–Kier alpha value is -1.97. The smallest absolute Gasteiger partial charge is 0.246 e. The van der Waals surface area contributed by atoms with Crippen molar-refractivity contribution in [2.45, 2.75) is 25.4 Å². The van der Waals surface area contributed by atoms with E-state index in [1.165, 1.54) is 13.4 Å². The summed E-state index contributed by atoms with van der Waals surface area (Å²) in [4.78, 5) is 12.3. The molecule has 1 fully saturated rings. The summed E-state index contributed by atoms with van der Waals surface area (Å²) in [7, 11) is 1.47. The fraction of sp³-hybridized carbons (Fsp3) is 0.583. The van der Waals surface area contributed by atoms with E-state index in [0.717, 1.165) is 0 Å². The molecule has 0 saturated carbocycles. The maximum Gasteiger partial charge on any atom is 0.246 e. The van der Waals surface area contributed by atoms with Crippen LogP contribution in [0.4, 0.5) is 5.95 Å². The van der Waals surface area contributed by atoms with Gasteiger partial charge in [0.2, 0.25) is 11.8 Å². The number of anilines is 1. The van der Waals surface area contributed by atoms with Crippen molar-refractivity contribution in [3.05, 3.63) is 6.33 Å². The van der Waals surface area contributed by atoms with E-state index in [1.54, 1.807) is 4.57 Å². The Morgan fingerprint density at radius 3 is 2.86 bits per heavy atom. The highest BCUT2D eigenvalue weighted by Gasteiger charge is 2.42. The van der Waals surface area contributed by atoms with Gasteiger partial charge < -0.3 is 25.4 Å². The summed E-state index contributed by atoms with van der Waals surface area (Å²) >= 11 is 0. The maximum atomic E-state index is 10.1. The van der Waals surface area contributed by atoms with Gasteiger partial charge in [0, 0.05) is 5.92 Å². The Balaban J connectivity index is 2.07. The lowest BCUT2D eigenvalue weighted by Crippen LogP contribution is -2.28. The molecule has 1 unspecified atom stereocenters. The summed E-state index contributed by atoms with van der Waals surface area (Å²) in [6, 6.07) is 0. The third-order valence-corrected chi connectivity index (χ3v) is 3.74. The van der Waals surface area contributed by atoms with Gasteiger partial charge in [-0.2, -0.15) is 9.97 Å². The van der Waals surface area contributed by atoms with Gasteiger partial charge in [-0.15, -0.1) is 0 Å². The number of hydrogen-bond donors (Lipinski definition) is 3. The van der Waals surface area contributed by atoms with E-state index in [1.807, 2.05) is 6.92 Å². The average molecular weight is 295 g/mol. The van der Waals surface area contributed by atoms with Crippen LogP contribution in [0.2, 0.25) is 0 Å². The molecule has 9 heteroatoms. The Morgan fingerprint density at radius 1 is 1.48 bits per heavy atom. The SMILES string of the molecule is COc1nc(N)nc2c1ncn2[C@@H]1O[C@H](CO)[C@@H](O)C1C. The van der Waals surface area contributed by atoms with Crippen molar-refractivity contribution < 1.29 is 19.7 Å². The molecule has 0 aromatic carbocycles. The molecule has 4 N–H and O–H groups in total. The molecule has 3 rings (SSSR count). The Kier molecular flexibility index (Phi) is 3.40. The summed E-state index contributed by atoms with van der Waals surface area (Å²) in [5.74, 6) is 0.105. The van der Waals surface area contributed by atoms with Gasteiger partial charge in [-0.3, -0.25) is 4.57 Å². The number of fused-ring (bicyclic) bond motifs is 1. The van der Waals surface area contributed by atoms with Crippen molar-refractivity contribution in [3.63, 3.8) is 0 Å². The first-order valence-electron chi connectivity index (χ1n) is 6.55. The van der Waals surface area contributed by atoms with Gasteiger partial charge in [0.25, 0.3) is 0 Å². The second kappa shape index (κ2) is 5.10. The van der Waals surface area contributed by atoms with E-state index in [2.05, 4.69) is 15.0 Å². The summed E-state index contributed by atoms with van der Waals surface area (Å²) in [5, 5.41) is 19.3. The molecule has 2 aromatic heterocycles. The topological polar surface area (TPSA) is 129 Å².